The second-order valence-electron chi connectivity index (χ2n) is 5.10. The number of anilines is 2. The number of phenols is 2. The summed E-state index contributed by atoms with van der Waals surface area (Å²) < 4.78 is 33.6. The van der Waals surface area contributed by atoms with E-state index in [-0.39, 0.29) is 5.69 Å². The number of ketones is 2. The third-order valence-corrected chi connectivity index (χ3v) is 4.54. The van der Waals surface area contributed by atoms with Gasteiger partial charge in [-0.05, 0) is 18.2 Å². The topological polar surface area (TPSA) is 184 Å². The number of aromatic hydroxyl groups is 2. The Morgan fingerprint density at radius 1 is 0.875 bits per heavy atom. The molecule has 0 saturated heterocycles. The molecule has 0 fully saturated rings. The SMILES string of the molecule is Nc1ccc(O)c2c1C(=O)c1c(O)c(S(=O)(=O)[O-])cc(N)c1C2=O. The van der Waals surface area contributed by atoms with Crippen LogP contribution in [0.2, 0.25) is 0 Å². The average Bonchev–Trinajstić information content (AvgIpc) is 2.47. The van der Waals surface area contributed by atoms with Crippen LogP contribution in [0.4, 0.5) is 11.4 Å². The summed E-state index contributed by atoms with van der Waals surface area (Å²) in [6.07, 6.45) is 0. The van der Waals surface area contributed by atoms with Gasteiger partial charge in [-0.2, -0.15) is 0 Å². The van der Waals surface area contributed by atoms with Crippen molar-refractivity contribution in [1.29, 1.82) is 0 Å². The molecule has 0 bridgehead atoms. The fourth-order valence-corrected chi connectivity index (χ4v) is 3.27. The molecule has 1 aliphatic rings. The second kappa shape index (κ2) is 4.69. The van der Waals surface area contributed by atoms with E-state index in [0.29, 0.717) is 6.07 Å². The number of carbonyl (C=O) groups is 2. The van der Waals surface area contributed by atoms with Crippen LogP contribution in [0.15, 0.2) is 23.1 Å². The summed E-state index contributed by atoms with van der Waals surface area (Å²) in [4.78, 5) is 24.1. The summed E-state index contributed by atoms with van der Waals surface area (Å²) in [5, 5.41) is 19.9. The summed E-state index contributed by atoms with van der Waals surface area (Å²) in [6.45, 7) is 0. The number of hydrogen-bond donors (Lipinski definition) is 4. The van der Waals surface area contributed by atoms with E-state index in [1.165, 1.54) is 6.07 Å². The van der Waals surface area contributed by atoms with E-state index in [1.807, 2.05) is 0 Å². The Hall–Kier alpha value is -3.11. The lowest BCUT2D eigenvalue weighted by molar-refractivity contribution is 0.0975. The van der Waals surface area contributed by atoms with Gasteiger partial charge < -0.3 is 26.2 Å². The zero-order valence-electron chi connectivity index (χ0n) is 11.7. The molecule has 0 aromatic heterocycles. The molecule has 0 spiro atoms. The normalized spacial score (nSPS) is 13.5. The van der Waals surface area contributed by atoms with Crippen molar-refractivity contribution in [2.75, 3.05) is 11.5 Å². The summed E-state index contributed by atoms with van der Waals surface area (Å²) in [6, 6.07) is 2.87. The summed E-state index contributed by atoms with van der Waals surface area (Å²) in [5.41, 5.74) is 8.55. The molecule has 0 atom stereocenters. The van der Waals surface area contributed by atoms with Gasteiger partial charge in [-0.1, -0.05) is 0 Å². The van der Waals surface area contributed by atoms with E-state index in [0.717, 1.165) is 6.07 Å². The number of nitrogens with two attached hydrogens (primary N) is 2. The van der Waals surface area contributed by atoms with Crippen LogP contribution in [0.1, 0.15) is 31.8 Å². The molecule has 3 rings (SSSR count). The van der Waals surface area contributed by atoms with Gasteiger partial charge in [-0.15, -0.1) is 0 Å². The van der Waals surface area contributed by atoms with Gasteiger partial charge in [0.15, 0.2) is 0 Å². The Labute approximate surface area is 134 Å². The van der Waals surface area contributed by atoms with Crippen molar-refractivity contribution in [2.45, 2.75) is 4.90 Å². The lowest BCUT2D eigenvalue weighted by atomic mass is 9.81. The van der Waals surface area contributed by atoms with Crippen LogP contribution >= 0.6 is 0 Å². The molecule has 6 N–H and O–H groups in total. The number of fused-ring (bicyclic) bond motifs is 2. The van der Waals surface area contributed by atoms with Crippen molar-refractivity contribution < 1.29 is 32.8 Å². The lowest BCUT2D eigenvalue weighted by Crippen LogP contribution is -2.25. The van der Waals surface area contributed by atoms with Crippen molar-refractivity contribution >= 4 is 33.1 Å². The zero-order valence-corrected chi connectivity index (χ0v) is 12.5. The predicted octanol–water partition coefficient (Wildman–Crippen LogP) is -0.0583. The number of benzene rings is 2. The quantitative estimate of drug-likeness (QED) is 0.265. The fraction of sp³-hybridized carbons (Fsp3) is 0. The third kappa shape index (κ3) is 1.94. The molecule has 0 aliphatic heterocycles. The molecule has 0 unspecified atom stereocenters. The van der Waals surface area contributed by atoms with Crippen LogP contribution in [-0.2, 0) is 10.1 Å². The van der Waals surface area contributed by atoms with Crippen LogP contribution < -0.4 is 11.5 Å². The molecule has 2 aromatic carbocycles. The van der Waals surface area contributed by atoms with Gasteiger partial charge in [-0.3, -0.25) is 9.59 Å². The second-order valence-corrected chi connectivity index (χ2v) is 6.45. The van der Waals surface area contributed by atoms with E-state index in [2.05, 4.69) is 0 Å². The van der Waals surface area contributed by atoms with Crippen molar-refractivity contribution in [3.8, 4) is 11.5 Å². The van der Waals surface area contributed by atoms with E-state index >= 15 is 0 Å². The first-order valence-corrected chi connectivity index (χ1v) is 7.78. The minimum atomic E-state index is -5.15. The Kier molecular flexibility index (Phi) is 3.08. The van der Waals surface area contributed by atoms with Gasteiger partial charge in [0.05, 0.1) is 27.1 Å². The first-order chi connectivity index (χ1) is 11.1. The van der Waals surface area contributed by atoms with Crippen LogP contribution in [0.3, 0.4) is 0 Å². The first-order valence-electron chi connectivity index (χ1n) is 6.37. The summed E-state index contributed by atoms with van der Waals surface area (Å²) in [7, 11) is -5.15. The molecule has 0 radical (unpaired) electrons. The molecule has 10 heteroatoms. The maximum absolute atomic E-state index is 12.6. The highest BCUT2D eigenvalue weighted by atomic mass is 32.2. The molecule has 9 nitrogen and oxygen atoms in total. The van der Waals surface area contributed by atoms with E-state index < -0.39 is 66.0 Å². The Morgan fingerprint density at radius 3 is 2.00 bits per heavy atom. The molecule has 0 saturated carbocycles. The van der Waals surface area contributed by atoms with Crippen molar-refractivity contribution in [1.82, 2.24) is 0 Å². The Balaban J connectivity index is 2.48. The van der Waals surface area contributed by atoms with E-state index in [4.69, 9.17) is 11.5 Å². The van der Waals surface area contributed by atoms with Gasteiger partial charge in [0.25, 0.3) is 0 Å². The number of nitrogen functional groups attached to an aromatic ring is 2. The van der Waals surface area contributed by atoms with Crippen LogP contribution in [0.5, 0.6) is 11.5 Å². The van der Waals surface area contributed by atoms with E-state index in [9.17, 15) is 32.8 Å². The Bertz CT molecular complexity index is 1060. The van der Waals surface area contributed by atoms with Gasteiger partial charge in [0, 0.05) is 11.4 Å². The largest absolute Gasteiger partial charge is 0.744 e. The number of rotatable bonds is 1. The average molecular weight is 349 g/mol. The van der Waals surface area contributed by atoms with Crippen LogP contribution in [0.25, 0.3) is 0 Å². The minimum Gasteiger partial charge on any atom is -0.744 e. The summed E-state index contributed by atoms with van der Waals surface area (Å²) >= 11 is 0. The highest BCUT2D eigenvalue weighted by molar-refractivity contribution is 7.85. The van der Waals surface area contributed by atoms with Gasteiger partial charge in [-0.25, -0.2) is 8.42 Å². The van der Waals surface area contributed by atoms with Gasteiger partial charge in [0.2, 0.25) is 11.6 Å². The fourth-order valence-electron chi connectivity index (χ4n) is 2.66. The number of carbonyl (C=O) groups excluding carboxylic acids is 2. The molecular weight excluding hydrogens is 340 g/mol. The zero-order chi connectivity index (χ0) is 18.0. The maximum Gasteiger partial charge on any atom is 0.200 e. The number of phenolic OH excluding ortho intramolecular Hbond substituents is 2. The molecule has 1 aliphatic carbocycles. The Morgan fingerprint density at radius 2 is 1.42 bits per heavy atom. The van der Waals surface area contributed by atoms with Gasteiger partial charge in [0.1, 0.15) is 21.6 Å². The van der Waals surface area contributed by atoms with E-state index in [1.54, 1.807) is 0 Å². The van der Waals surface area contributed by atoms with Crippen molar-refractivity contribution in [3.05, 3.63) is 40.5 Å². The standard InChI is InChI=1S/C14H10N2O7S/c15-4-1-2-6(17)10-8(4)14(20)11-9(13(10)19)5(16)3-7(12(11)18)24(21,22)23/h1-3,17-18H,15-16H2,(H,21,22,23)/p-1. The van der Waals surface area contributed by atoms with Crippen molar-refractivity contribution in [3.63, 3.8) is 0 Å². The predicted molar refractivity (Wildman–Crippen MR) is 79.9 cm³/mol. The summed E-state index contributed by atoms with van der Waals surface area (Å²) in [5.74, 6) is -3.65. The van der Waals surface area contributed by atoms with Crippen molar-refractivity contribution in [2.24, 2.45) is 0 Å². The molecule has 24 heavy (non-hydrogen) atoms. The van der Waals surface area contributed by atoms with Crippen LogP contribution in [0, 0.1) is 0 Å². The van der Waals surface area contributed by atoms with Crippen LogP contribution in [-0.4, -0.2) is 34.8 Å². The monoisotopic (exact) mass is 349 g/mol. The first kappa shape index (κ1) is 15.8. The number of hydrogen-bond acceptors (Lipinski definition) is 9. The lowest BCUT2D eigenvalue weighted by Gasteiger charge is -2.23. The molecule has 124 valence electrons. The minimum absolute atomic E-state index is 0.167. The molecule has 2 aromatic rings. The molecular formula is C14H9N2O7S-. The third-order valence-electron chi connectivity index (χ3n) is 3.69. The molecule has 0 amide bonds. The highest BCUT2D eigenvalue weighted by Crippen LogP contribution is 2.43. The van der Waals surface area contributed by atoms with Gasteiger partial charge >= 0.3 is 0 Å². The smallest absolute Gasteiger partial charge is 0.200 e. The maximum atomic E-state index is 12.6. The highest BCUT2D eigenvalue weighted by Gasteiger charge is 2.38. The molecule has 0 heterocycles.